The van der Waals surface area contributed by atoms with Gasteiger partial charge in [-0.1, -0.05) is 212 Å². The van der Waals surface area contributed by atoms with Gasteiger partial charge in [0.2, 0.25) is 5.91 Å². The minimum absolute atomic E-state index is 0.212. The lowest BCUT2D eigenvalue weighted by Crippen LogP contribution is -2.60. The van der Waals surface area contributed by atoms with Crippen molar-refractivity contribution < 1.29 is 39.8 Å². The average molecular weight is 988 g/mol. The van der Waals surface area contributed by atoms with E-state index in [2.05, 4.69) is 141 Å². The molecule has 1 heterocycles. The smallest absolute Gasteiger partial charge is 0.220 e. The molecule has 0 saturated carbocycles. The van der Waals surface area contributed by atoms with Crippen LogP contribution in [0.15, 0.2) is 134 Å². The van der Waals surface area contributed by atoms with Gasteiger partial charge in [0.1, 0.15) is 24.4 Å². The summed E-state index contributed by atoms with van der Waals surface area (Å²) in [7, 11) is 0. The fraction of sp³-hybridized carbons (Fsp3) is 0.629. The number of ether oxygens (including phenoxy) is 2. The van der Waals surface area contributed by atoms with Crippen LogP contribution in [0.4, 0.5) is 0 Å². The zero-order valence-electron chi connectivity index (χ0n) is 44.4. The number of rotatable bonds is 45. The first kappa shape index (κ1) is 65.3. The molecule has 0 aromatic carbocycles. The van der Waals surface area contributed by atoms with Crippen molar-refractivity contribution in [3.63, 3.8) is 0 Å². The first-order chi connectivity index (χ1) is 34.8. The highest BCUT2D eigenvalue weighted by atomic mass is 16.7. The Hall–Kier alpha value is -3.67. The third-order valence-corrected chi connectivity index (χ3v) is 12.2. The summed E-state index contributed by atoms with van der Waals surface area (Å²) >= 11 is 0. The molecule has 0 bridgehead atoms. The van der Waals surface area contributed by atoms with Crippen molar-refractivity contribution in [2.24, 2.45) is 0 Å². The molecular formula is C62H101NO8. The summed E-state index contributed by atoms with van der Waals surface area (Å²) in [6.07, 6.45) is 69.3. The van der Waals surface area contributed by atoms with Crippen LogP contribution in [0.1, 0.15) is 194 Å². The molecule has 0 aromatic rings. The van der Waals surface area contributed by atoms with Gasteiger partial charge in [0.15, 0.2) is 6.29 Å². The van der Waals surface area contributed by atoms with Gasteiger partial charge in [-0.05, 0) is 109 Å². The van der Waals surface area contributed by atoms with Crippen LogP contribution in [0.25, 0.3) is 0 Å². The molecule has 1 aliphatic heterocycles. The third-order valence-electron chi connectivity index (χ3n) is 12.2. The van der Waals surface area contributed by atoms with Crippen molar-refractivity contribution in [2.75, 3.05) is 13.2 Å². The van der Waals surface area contributed by atoms with Gasteiger partial charge in [-0.3, -0.25) is 4.79 Å². The van der Waals surface area contributed by atoms with Crippen LogP contribution in [0, 0.1) is 0 Å². The number of aliphatic hydroxyl groups is 5. The number of aliphatic hydroxyl groups excluding tert-OH is 5. The summed E-state index contributed by atoms with van der Waals surface area (Å²) in [4.78, 5) is 13.0. The number of unbranched alkanes of at least 4 members (excludes halogenated alkanes) is 15. The fourth-order valence-corrected chi connectivity index (χ4v) is 7.79. The molecule has 0 aliphatic carbocycles. The molecule has 402 valence electrons. The monoisotopic (exact) mass is 988 g/mol. The van der Waals surface area contributed by atoms with Crippen LogP contribution in [0.5, 0.6) is 0 Å². The minimum Gasteiger partial charge on any atom is -0.394 e. The van der Waals surface area contributed by atoms with Crippen LogP contribution in [0.2, 0.25) is 0 Å². The van der Waals surface area contributed by atoms with Crippen molar-refractivity contribution in [1.82, 2.24) is 5.32 Å². The second kappa shape index (κ2) is 49.9. The van der Waals surface area contributed by atoms with Gasteiger partial charge < -0.3 is 40.3 Å². The van der Waals surface area contributed by atoms with Crippen molar-refractivity contribution >= 4 is 5.91 Å². The Bertz CT molecular complexity index is 1570. The normalized spacial score (nSPS) is 20.4. The topological polar surface area (TPSA) is 149 Å². The number of carbonyl (C=O) groups excluding carboxylic acids is 1. The predicted octanol–water partition coefficient (Wildman–Crippen LogP) is 13.7. The molecule has 1 rings (SSSR count). The molecule has 0 aromatic heterocycles. The molecular weight excluding hydrogens is 887 g/mol. The van der Waals surface area contributed by atoms with Crippen molar-refractivity contribution in [2.45, 2.75) is 236 Å². The van der Waals surface area contributed by atoms with Crippen molar-refractivity contribution in [3.8, 4) is 0 Å². The molecule has 9 nitrogen and oxygen atoms in total. The predicted molar refractivity (Wildman–Crippen MR) is 299 cm³/mol. The second-order valence-corrected chi connectivity index (χ2v) is 18.6. The van der Waals surface area contributed by atoms with Crippen LogP contribution in [0.3, 0.4) is 0 Å². The third kappa shape index (κ3) is 39.5. The van der Waals surface area contributed by atoms with Crippen LogP contribution in [-0.2, 0) is 14.3 Å². The zero-order valence-corrected chi connectivity index (χ0v) is 44.4. The van der Waals surface area contributed by atoms with Crippen molar-refractivity contribution in [1.29, 1.82) is 0 Å². The number of allylic oxidation sites excluding steroid dienone is 21. The fourth-order valence-electron chi connectivity index (χ4n) is 7.79. The van der Waals surface area contributed by atoms with E-state index < -0.39 is 49.5 Å². The molecule has 9 heteroatoms. The molecule has 1 saturated heterocycles. The maximum Gasteiger partial charge on any atom is 0.220 e. The quantitative estimate of drug-likeness (QED) is 0.0261. The van der Waals surface area contributed by atoms with Gasteiger partial charge in [0.25, 0.3) is 0 Å². The van der Waals surface area contributed by atoms with E-state index in [0.717, 1.165) is 128 Å². The first-order valence-corrected chi connectivity index (χ1v) is 27.9. The van der Waals surface area contributed by atoms with E-state index in [1.165, 1.54) is 44.9 Å². The number of hydrogen-bond donors (Lipinski definition) is 6. The number of hydrogen-bond acceptors (Lipinski definition) is 8. The highest BCUT2D eigenvalue weighted by Gasteiger charge is 2.44. The maximum absolute atomic E-state index is 13.0. The van der Waals surface area contributed by atoms with Gasteiger partial charge in [-0.2, -0.15) is 0 Å². The van der Waals surface area contributed by atoms with E-state index in [4.69, 9.17) is 9.47 Å². The molecule has 1 amide bonds. The summed E-state index contributed by atoms with van der Waals surface area (Å²) in [6.45, 7) is 3.61. The molecule has 7 unspecified atom stereocenters. The lowest BCUT2D eigenvalue weighted by molar-refractivity contribution is -0.302. The molecule has 6 N–H and O–H groups in total. The molecule has 7 atom stereocenters. The Morgan fingerprint density at radius 2 is 0.887 bits per heavy atom. The Morgan fingerprint density at radius 1 is 0.493 bits per heavy atom. The van der Waals surface area contributed by atoms with Crippen molar-refractivity contribution in [3.05, 3.63) is 134 Å². The van der Waals surface area contributed by atoms with E-state index in [-0.39, 0.29) is 12.5 Å². The Balaban J connectivity index is 2.29. The zero-order chi connectivity index (χ0) is 51.5. The van der Waals surface area contributed by atoms with Gasteiger partial charge >= 0.3 is 0 Å². The number of amides is 1. The molecule has 1 aliphatic rings. The summed E-state index contributed by atoms with van der Waals surface area (Å²) < 4.78 is 11.2. The molecule has 0 spiro atoms. The largest absolute Gasteiger partial charge is 0.394 e. The van der Waals surface area contributed by atoms with Gasteiger partial charge in [0, 0.05) is 6.42 Å². The lowest BCUT2D eigenvalue weighted by Gasteiger charge is -2.40. The van der Waals surface area contributed by atoms with Gasteiger partial charge in [-0.25, -0.2) is 0 Å². The summed E-state index contributed by atoms with van der Waals surface area (Å²) in [5.74, 6) is -0.212. The summed E-state index contributed by atoms with van der Waals surface area (Å²) in [6, 6.07) is -0.847. The molecule has 1 fully saturated rings. The highest BCUT2D eigenvalue weighted by Crippen LogP contribution is 2.22. The molecule has 0 radical (unpaired) electrons. The van der Waals surface area contributed by atoms with Gasteiger partial charge in [-0.15, -0.1) is 0 Å². The second-order valence-electron chi connectivity index (χ2n) is 18.6. The Labute approximate surface area is 432 Å². The van der Waals surface area contributed by atoms with Crippen LogP contribution < -0.4 is 5.32 Å². The summed E-state index contributed by atoms with van der Waals surface area (Å²) in [5.41, 5.74) is 0. The number of carbonyl (C=O) groups is 1. The van der Waals surface area contributed by atoms with Gasteiger partial charge in [0.05, 0.1) is 25.4 Å². The highest BCUT2D eigenvalue weighted by molar-refractivity contribution is 5.76. The summed E-state index contributed by atoms with van der Waals surface area (Å²) in [5, 5.41) is 54.4. The minimum atomic E-state index is -1.59. The molecule has 71 heavy (non-hydrogen) atoms. The lowest BCUT2D eigenvalue weighted by atomic mass is 9.99. The van der Waals surface area contributed by atoms with E-state index in [1.807, 2.05) is 6.08 Å². The Kier molecular flexibility index (Phi) is 45.9. The number of nitrogens with one attached hydrogen (secondary N) is 1. The first-order valence-electron chi connectivity index (χ1n) is 27.9. The standard InChI is InChI=1S/C62H101NO8/c1-3-5-7-9-11-13-15-17-19-21-22-23-24-25-26-27-28-29-30-31-32-33-34-36-38-40-42-44-46-48-50-52-58(66)63-55(54-70-62-61(69)60(68)59(67)57(53-64)71-62)56(65)51-49-47-45-43-41-39-37-35-20-18-16-14-12-10-8-6-4-2/h5,7,11,13,17,19-20,22-23,25-26,28-29,31-32,34-36,41,43,49,51,55-57,59-62,64-65,67-69H,3-4,6,8-10,12,14-16,18,21,24,27,30,33,37-40,42,44-48,50,52-54H2,1-2H3,(H,63,66)/b7-5-,13-11-,19-17-,23-22-,26-25-,29-28-,32-31-,35-20+,36-34-,43-41+,51-49+. The van der Waals surface area contributed by atoms with Crippen LogP contribution in [-0.4, -0.2) is 87.5 Å². The Morgan fingerprint density at radius 3 is 1.35 bits per heavy atom. The van der Waals surface area contributed by atoms with E-state index in [1.54, 1.807) is 6.08 Å². The van der Waals surface area contributed by atoms with Crippen LogP contribution >= 0.6 is 0 Å². The van der Waals surface area contributed by atoms with E-state index in [9.17, 15) is 30.3 Å². The van der Waals surface area contributed by atoms with E-state index in [0.29, 0.717) is 6.42 Å². The van der Waals surface area contributed by atoms with E-state index >= 15 is 0 Å². The maximum atomic E-state index is 13.0. The SMILES string of the molecule is CC/C=C\C/C=C\C/C=C\C/C=C\C/C=C\C/C=C\C/C=C\C/C=C\CCCCCCCCC(=O)NC(COC1OC(CO)C(O)C(O)C1O)C(O)/C=C/CC/C=C/CC/C=C/CCCCCCCCC. The average Bonchev–Trinajstić information content (AvgIpc) is 3.37.